The number of hydrogen-bond acceptors (Lipinski definition) is 8. The Hall–Kier alpha value is -4.07. The molecule has 5 rings (SSSR count). The molecule has 3 heterocycles. The molecular weight excluding hydrogens is 478 g/mol. The molecule has 0 radical (unpaired) electrons. The number of pyridine rings is 1. The van der Waals surface area contributed by atoms with Crippen molar-refractivity contribution in [3.05, 3.63) is 65.7 Å². The van der Waals surface area contributed by atoms with Gasteiger partial charge < -0.3 is 20.5 Å². The zero-order chi connectivity index (χ0) is 25.1. The van der Waals surface area contributed by atoms with Crippen LogP contribution in [0.4, 0.5) is 16.2 Å². The van der Waals surface area contributed by atoms with E-state index in [0.29, 0.717) is 48.8 Å². The number of nitrogens with one attached hydrogen (secondary N) is 2. The zero-order valence-corrected chi connectivity index (χ0v) is 20.0. The minimum Gasteiger partial charge on any atom is -0.493 e. The third-order valence-corrected chi connectivity index (χ3v) is 6.99. The van der Waals surface area contributed by atoms with Gasteiger partial charge in [-0.1, -0.05) is 18.2 Å². The van der Waals surface area contributed by atoms with Crippen LogP contribution >= 0.6 is 11.8 Å². The lowest BCUT2D eigenvalue weighted by molar-refractivity contribution is -0.113. The van der Waals surface area contributed by atoms with E-state index in [4.69, 9.17) is 10.00 Å². The highest BCUT2D eigenvalue weighted by Gasteiger charge is 2.32. The van der Waals surface area contributed by atoms with Gasteiger partial charge in [0, 0.05) is 28.8 Å². The first-order chi connectivity index (χ1) is 17.5. The van der Waals surface area contributed by atoms with Crippen molar-refractivity contribution in [1.82, 2.24) is 10.3 Å². The molecule has 2 aromatic carbocycles. The molecule has 182 valence electrons. The Balaban J connectivity index is 1.14. The standard InChI is InChI=1S/C26H23N5O4S/c27-12-17-9-21(29-24(32)10-17)18-3-1-2-16(8-18)13-28-7-6-20-14-31(26(34)35-20)19-4-5-23-22(11-19)30-25(33)15-36-23/h1-5,8-11,20,28H,6-7,13-15H2,(H,29,32)(H,30,33)/t20-/m1/s1. The first-order valence-electron chi connectivity index (χ1n) is 11.4. The molecule has 2 amide bonds. The van der Waals surface area contributed by atoms with Crippen molar-refractivity contribution in [3.63, 3.8) is 0 Å². The van der Waals surface area contributed by atoms with Gasteiger partial charge in [-0.2, -0.15) is 5.26 Å². The summed E-state index contributed by atoms with van der Waals surface area (Å²) in [5.41, 5.74) is 4.14. The number of aromatic nitrogens is 1. The number of benzene rings is 2. The van der Waals surface area contributed by atoms with Crippen LogP contribution in [0.1, 0.15) is 17.5 Å². The molecule has 36 heavy (non-hydrogen) atoms. The molecule has 0 unspecified atom stereocenters. The fourth-order valence-electron chi connectivity index (χ4n) is 4.19. The summed E-state index contributed by atoms with van der Waals surface area (Å²) in [7, 11) is 0. The lowest BCUT2D eigenvalue weighted by Gasteiger charge is -2.20. The summed E-state index contributed by atoms with van der Waals surface area (Å²) in [4.78, 5) is 30.8. The largest absolute Gasteiger partial charge is 0.493 e. The van der Waals surface area contributed by atoms with Crippen LogP contribution in [0.3, 0.4) is 0 Å². The number of amides is 2. The molecule has 1 fully saturated rings. The lowest BCUT2D eigenvalue weighted by atomic mass is 10.1. The van der Waals surface area contributed by atoms with E-state index >= 15 is 0 Å². The molecule has 0 saturated carbocycles. The smallest absolute Gasteiger partial charge is 0.414 e. The SMILES string of the molecule is N#Cc1cc(O)nc(-c2cccc(CNCC[C@@H]3CN(c4ccc5c(c4)NC(=O)CS5)C(=O)O3)c2)c1. The van der Waals surface area contributed by atoms with E-state index < -0.39 is 6.09 Å². The molecular formula is C26H23N5O4S. The van der Waals surface area contributed by atoms with Crippen molar-refractivity contribution in [1.29, 1.82) is 5.26 Å². The average molecular weight is 502 g/mol. The topological polar surface area (TPSA) is 128 Å². The van der Waals surface area contributed by atoms with Gasteiger partial charge in [0.2, 0.25) is 11.8 Å². The summed E-state index contributed by atoms with van der Waals surface area (Å²) in [6.07, 6.45) is 0.0223. The van der Waals surface area contributed by atoms with Crippen molar-refractivity contribution >= 4 is 35.1 Å². The van der Waals surface area contributed by atoms with Gasteiger partial charge >= 0.3 is 6.09 Å². The number of nitrogens with zero attached hydrogens (tertiary/aromatic N) is 3. The molecule has 10 heteroatoms. The Morgan fingerprint density at radius 1 is 1.22 bits per heavy atom. The van der Waals surface area contributed by atoms with Crippen molar-refractivity contribution in [2.45, 2.75) is 24.0 Å². The fraction of sp³-hybridized carbons (Fsp3) is 0.231. The molecule has 3 aromatic rings. The van der Waals surface area contributed by atoms with Crippen LogP contribution in [0.25, 0.3) is 11.3 Å². The molecule has 1 saturated heterocycles. The highest BCUT2D eigenvalue weighted by Crippen LogP contribution is 2.35. The second-order valence-electron chi connectivity index (χ2n) is 8.51. The quantitative estimate of drug-likeness (QED) is 0.416. The van der Waals surface area contributed by atoms with Crippen molar-refractivity contribution in [3.8, 4) is 23.2 Å². The van der Waals surface area contributed by atoms with Crippen LogP contribution in [0, 0.1) is 11.3 Å². The van der Waals surface area contributed by atoms with Crippen LogP contribution < -0.4 is 15.5 Å². The number of hydrogen-bond donors (Lipinski definition) is 3. The number of thioether (sulfide) groups is 1. The van der Waals surface area contributed by atoms with Gasteiger partial charge in [-0.05, 0) is 48.9 Å². The Kier molecular flexibility index (Phi) is 6.75. The highest BCUT2D eigenvalue weighted by atomic mass is 32.2. The normalized spacial score (nSPS) is 16.8. The third kappa shape index (κ3) is 5.27. The van der Waals surface area contributed by atoms with Gasteiger partial charge in [-0.15, -0.1) is 11.8 Å². The summed E-state index contributed by atoms with van der Waals surface area (Å²) in [6, 6.07) is 18.3. The Morgan fingerprint density at radius 2 is 2.11 bits per heavy atom. The summed E-state index contributed by atoms with van der Waals surface area (Å²) in [6.45, 7) is 1.69. The van der Waals surface area contributed by atoms with E-state index in [1.807, 2.05) is 48.5 Å². The number of fused-ring (bicyclic) bond motifs is 1. The van der Waals surface area contributed by atoms with Gasteiger partial charge in [0.25, 0.3) is 0 Å². The Bertz CT molecular complexity index is 1370. The number of nitriles is 1. The molecule has 2 aliphatic rings. The maximum Gasteiger partial charge on any atom is 0.414 e. The number of ether oxygens (including phenoxy) is 1. The number of rotatable bonds is 7. The predicted molar refractivity (Wildman–Crippen MR) is 136 cm³/mol. The Labute approximate surface area is 212 Å². The van der Waals surface area contributed by atoms with Gasteiger partial charge in [0.1, 0.15) is 6.10 Å². The summed E-state index contributed by atoms with van der Waals surface area (Å²) < 4.78 is 5.55. The molecule has 2 aliphatic heterocycles. The van der Waals surface area contributed by atoms with Gasteiger partial charge in [-0.3, -0.25) is 9.69 Å². The molecule has 0 aliphatic carbocycles. The van der Waals surface area contributed by atoms with Crippen LogP contribution in [0.2, 0.25) is 0 Å². The maximum absolute atomic E-state index is 12.5. The maximum atomic E-state index is 12.5. The van der Waals surface area contributed by atoms with Gasteiger partial charge in [0.15, 0.2) is 0 Å². The van der Waals surface area contributed by atoms with E-state index in [1.165, 1.54) is 17.8 Å². The number of carbonyl (C=O) groups is 2. The zero-order valence-electron chi connectivity index (χ0n) is 19.2. The third-order valence-electron chi connectivity index (χ3n) is 5.92. The van der Waals surface area contributed by atoms with E-state index in [0.717, 1.165) is 21.7 Å². The van der Waals surface area contributed by atoms with E-state index in [9.17, 15) is 14.7 Å². The minimum absolute atomic E-state index is 0.0479. The first kappa shape index (κ1) is 23.7. The molecule has 0 bridgehead atoms. The van der Waals surface area contributed by atoms with Crippen molar-refractivity contribution in [2.75, 3.05) is 29.1 Å². The van der Waals surface area contributed by atoms with Gasteiger partial charge in [0.05, 0.1) is 35.3 Å². The van der Waals surface area contributed by atoms with Crippen LogP contribution in [0.15, 0.2) is 59.5 Å². The minimum atomic E-state index is -0.391. The molecule has 1 atom stereocenters. The number of aromatic hydroxyl groups is 1. The number of carbonyl (C=O) groups excluding carboxylic acids is 2. The van der Waals surface area contributed by atoms with E-state index in [2.05, 4.69) is 15.6 Å². The van der Waals surface area contributed by atoms with Crippen molar-refractivity contribution in [2.24, 2.45) is 0 Å². The number of anilines is 2. The second kappa shape index (κ2) is 10.3. The van der Waals surface area contributed by atoms with Crippen LogP contribution in [-0.4, -0.2) is 47.0 Å². The summed E-state index contributed by atoms with van der Waals surface area (Å²) in [5.74, 6) is 0.159. The van der Waals surface area contributed by atoms with Gasteiger partial charge in [-0.25, -0.2) is 9.78 Å². The average Bonchev–Trinajstić information content (AvgIpc) is 3.26. The molecule has 3 N–H and O–H groups in total. The Morgan fingerprint density at radius 3 is 2.97 bits per heavy atom. The fourth-order valence-corrected chi connectivity index (χ4v) is 4.97. The monoisotopic (exact) mass is 501 g/mol. The lowest BCUT2D eigenvalue weighted by Crippen LogP contribution is -2.26. The van der Waals surface area contributed by atoms with Crippen molar-refractivity contribution < 1.29 is 19.4 Å². The summed E-state index contributed by atoms with van der Waals surface area (Å²) >= 11 is 1.48. The van der Waals surface area contributed by atoms with E-state index in [1.54, 1.807) is 11.0 Å². The summed E-state index contributed by atoms with van der Waals surface area (Å²) in [5, 5.41) is 25.1. The predicted octanol–water partition coefficient (Wildman–Crippen LogP) is 3.88. The highest BCUT2D eigenvalue weighted by molar-refractivity contribution is 8.00. The molecule has 0 spiro atoms. The number of cyclic esters (lactones) is 1. The van der Waals surface area contributed by atoms with Crippen LogP contribution in [0.5, 0.6) is 5.88 Å². The van der Waals surface area contributed by atoms with Crippen LogP contribution in [-0.2, 0) is 16.1 Å². The van der Waals surface area contributed by atoms with E-state index in [-0.39, 0.29) is 17.9 Å². The first-order valence-corrected chi connectivity index (χ1v) is 12.4. The second-order valence-corrected chi connectivity index (χ2v) is 9.53. The molecule has 9 nitrogen and oxygen atoms in total. The molecule has 1 aromatic heterocycles.